The Morgan fingerprint density at radius 3 is 1.97 bits per heavy atom. The van der Waals surface area contributed by atoms with Crippen molar-refractivity contribution < 1.29 is 9.90 Å². The smallest absolute Gasteiger partial charge is 0.231 e. The van der Waals surface area contributed by atoms with Crippen LogP contribution in [0.4, 0.5) is 0 Å². The molecule has 0 heterocycles. The van der Waals surface area contributed by atoms with E-state index in [-0.39, 0.29) is 23.9 Å². The van der Waals surface area contributed by atoms with E-state index in [2.05, 4.69) is 84.9 Å². The van der Waals surface area contributed by atoms with Gasteiger partial charge < -0.3 is 10.0 Å². The zero-order valence-corrected chi connectivity index (χ0v) is 22.7. The molecule has 1 atom stereocenters. The summed E-state index contributed by atoms with van der Waals surface area (Å²) >= 11 is 0. The van der Waals surface area contributed by atoms with Crippen LogP contribution in [0.2, 0.25) is 18.1 Å². The van der Waals surface area contributed by atoms with E-state index in [0.717, 1.165) is 42.1 Å². The lowest BCUT2D eigenvalue weighted by Gasteiger charge is -2.36. The van der Waals surface area contributed by atoms with Crippen LogP contribution in [0.1, 0.15) is 76.6 Å². The molecule has 4 aliphatic rings. The zero-order valence-electron chi connectivity index (χ0n) is 21.7. The number of carbonyl (C=O) groups is 1. The third-order valence-corrected chi connectivity index (χ3v) is 13.7. The van der Waals surface area contributed by atoms with E-state index < -0.39 is 8.07 Å². The predicted octanol–water partition coefficient (Wildman–Crippen LogP) is 6.18. The van der Waals surface area contributed by atoms with Gasteiger partial charge in [0.15, 0.2) is 0 Å². The second kappa shape index (κ2) is 10.5. The maximum atomic E-state index is 14.0. The second-order valence-electron chi connectivity index (χ2n) is 10.4. The van der Waals surface area contributed by atoms with E-state index in [1.807, 2.05) is 4.90 Å². The van der Waals surface area contributed by atoms with Crippen molar-refractivity contribution in [3.05, 3.63) is 58.7 Å². The van der Waals surface area contributed by atoms with Crippen LogP contribution in [-0.4, -0.2) is 36.1 Å². The molecule has 0 aromatic heterocycles. The first-order chi connectivity index (χ1) is 15.7. The Morgan fingerprint density at radius 1 is 0.909 bits per heavy atom. The van der Waals surface area contributed by atoms with Crippen molar-refractivity contribution in [3.63, 3.8) is 0 Å². The lowest BCUT2D eigenvalue weighted by atomic mass is 9.87. The van der Waals surface area contributed by atoms with E-state index in [9.17, 15) is 9.90 Å². The summed E-state index contributed by atoms with van der Waals surface area (Å²) in [7, 11) is -1.87. The Kier molecular flexibility index (Phi) is 8.10. The molecular weight excluding hydrogens is 422 g/mol. The van der Waals surface area contributed by atoms with Gasteiger partial charge in [-0.3, -0.25) is 4.79 Å². The fourth-order valence-corrected chi connectivity index (χ4v) is 10.1. The van der Waals surface area contributed by atoms with Gasteiger partial charge >= 0.3 is 0 Å². The van der Waals surface area contributed by atoms with Gasteiger partial charge in [0.05, 0.1) is 14.0 Å². The lowest BCUT2D eigenvalue weighted by Crippen LogP contribution is -2.49. The van der Waals surface area contributed by atoms with Crippen LogP contribution in [0.15, 0.2) is 36.4 Å². The van der Waals surface area contributed by atoms with Gasteiger partial charge in [0.1, 0.15) is 5.75 Å². The average Bonchev–Trinajstić information content (AvgIpc) is 2.78. The molecule has 0 aliphatic heterocycles. The highest BCUT2D eigenvalue weighted by Crippen LogP contribution is 2.36. The summed E-state index contributed by atoms with van der Waals surface area (Å²) in [6.07, 6.45) is 2.52. The first kappa shape index (κ1) is 25.5. The minimum absolute atomic E-state index is 0.109. The molecule has 2 aromatic rings. The number of aryl methyl sites for hydroxylation is 2. The number of aromatic hydroxyl groups is 1. The summed E-state index contributed by atoms with van der Waals surface area (Å²) in [5.74, 6) is 0.155. The number of carbonyl (C=O) groups excluding carboxylic acids is 1. The molecule has 33 heavy (non-hydrogen) atoms. The maximum Gasteiger partial charge on any atom is 0.231 e. The standard InChI is InChI=1S/C29H43NO2Si/c1-8-33(9-2,10-3)28-24-16-15-22-11-13-23(14-12-22)19-26(25(18-17-24)27(28)31)29(32)30(20(4)5)21(6)7/h11-14,17-18,20-21,26,31H,8-10,15-16,19H2,1-7H3/t26-/m1/s1. The summed E-state index contributed by atoms with van der Waals surface area (Å²) in [4.78, 5) is 16.0. The van der Waals surface area contributed by atoms with E-state index in [1.165, 1.54) is 16.3 Å². The van der Waals surface area contributed by atoms with Gasteiger partial charge in [-0.1, -0.05) is 75.3 Å². The third-order valence-electron chi connectivity index (χ3n) is 8.04. The van der Waals surface area contributed by atoms with Crippen LogP contribution in [0.3, 0.4) is 0 Å². The molecule has 0 spiro atoms. The number of phenolic OH excluding ortho intramolecular Hbond substituents is 1. The summed E-state index contributed by atoms with van der Waals surface area (Å²) in [5.41, 5.74) is 4.58. The fraction of sp³-hybridized carbons (Fsp3) is 0.552. The molecule has 4 bridgehead atoms. The Morgan fingerprint density at radius 2 is 1.45 bits per heavy atom. The average molecular weight is 466 g/mol. The summed E-state index contributed by atoms with van der Waals surface area (Å²) in [6.45, 7) is 15.2. The molecule has 0 fully saturated rings. The number of phenols is 1. The van der Waals surface area contributed by atoms with Gasteiger partial charge in [-0.2, -0.15) is 0 Å². The van der Waals surface area contributed by atoms with Crippen molar-refractivity contribution in [2.75, 3.05) is 0 Å². The Labute approximate surface area is 202 Å². The largest absolute Gasteiger partial charge is 0.508 e. The molecule has 4 heteroatoms. The number of nitrogens with zero attached hydrogens (tertiary/aromatic N) is 1. The second-order valence-corrected chi connectivity index (χ2v) is 15.6. The number of amides is 1. The Hall–Kier alpha value is -2.07. The highest BCUT2D eigenvalue weighted by molar-refractivity contribution is 6.92. The van der Waals surface area contributed by atoms with Gasteiger partial charge in [-0.05, 0) is 68.8 Å². The van der Waals surface area contributed by atoms with Gasteiger partial charge in [0.2, 0.25) is 5.91 Å². The summed E-state index contributed by atoms with van der Waals surface area (Å²) in [5, 5.41) is 13.1. The van der Waals surface area contributed by atoms with Gasteiger partial charge in [-0.25, -0.2) is 0 Å². The minimum atomic E-state index is -1.87. The quantitative estimate of drug-likeness (QED) is 0.496. The highest BCUT2D eigenvalue weighted by Gasteiger charge is 2.38. The van der Waals surface area contributed by atoms with Crippen molar-refractivity contribution in [1.29, 1.82) is 0 Å². The third kappa shape index (κ3) is 4.91. The van der Waals surface area contributed by atoms with Crippen molar-refractivity contribution in [2.24, 2.45) is 0 Å². The summed E-state index contributed by atoms with van der Waals surface area (Å²) < 4.78 is 0. The number of hydrogen-bond donors (Lipinski definition) is 1. The normalized spacial score (nSPS) is 16.2. The van der Waals surface area contributed by atoms with Crippen LogP contribution in [0.5, 0.6) is 5.75 Å². The Bertz CT molecular complexity index is 944. The number of rotatable bonds is 7. The molecular formula is C29H43NO2Si. The molecule has 3 nitrogen and oxygen atoms in total. The van der Waals surface area contributed by atoms with Crippen LogP contribution >= 0.6 is 0 Å². The molecule has 2 aromatic carbocycles. The molecule has 1 amide bonds. The van der Waals surface area contributed by atoms with Crippen LogP contribution in [0, 0.1) is 0 Å². The zero-order chi connectivity index (χ0) is 24.3. The Balaban J connectivity index is 2.28. The van der Waals surface area contributed by atoms with Gasteiger partial charge in [0.25, 0.3) is 0 Å². The molecule has 0 radical (unpaired) electrons. The van der Waals surface area contributed by atoms with Crippen molar-refractivity contribution in [2.45, 2.75) is 104 Å². The fourth-order valence-electron chi connectivity index (χ4n) is 5.98. The van der Waals surface area contributed by atoms with Gasteiger partial charge in [-0.15, -0.1) is 0 Å². The van der Waals surface area contributed by atoms with Crippen molar-refractivity contribution in [3.8, 4) is 5.75 Å². The van der Waals surface area contributed by atoms with E-state index in [4.69, 9.17) is 0 Å². The van der Waals surface area contributed by atoms with E-state index >= 15 is 0 Å². The number of benzene rings is 2. The molecule has 0 saturated heterocycles. The van der Waals surface area contributed by atoms with Crippen molar-refractivity contribution in [1.82, 2.24) is 4.90 Å². The van der Waals surface area contributed by atoms with Crippen molar-refractivity contribution >= 4 is 19.2 Å². The van der Waals surface area contributed by atoms with Crippen LogP contribution in [0.25, 0.3) is 0 Å². The predicted molar refractivity (Wildman–Crippen MR) is 142 cm³/mol. The maximum absolute atomic E-state index is 14.0. The molecule has 1 N–H and O–H groups in total. The van der Waals surface area contributed by atoms with Crippen LogP contribution in [-0.2, 0) is 24.1 Å². The molecule has 4 aliphatic carbocycles. The minimum Gasteiger partial charge on any atom is -0.508 e. The lowest BCUT2D eigenvalue weighted by molar-refractivity contribution is -0.136. The van der Waals surface area contributed by atoms with Gasteiger partial charge in [0, 0.05) is 17.6 Å². The monoisotopic (exact) mass is 465 g/mol. The SMILES string of the molecule is CC[Si](CC)(CC)c1c2ccc(c1O)[C@H](C(=O)N(C(C)C)C(C)C)Cc1ccc(cc1)CC2. The summed E-state index contributed by atoms with van der Waals surface area (Å²) in [6, 6.07) is 16.6. The molecule has 180 valence electrons. The molecule has 0 saturated carbocycles. The molecule has 6 rings (SSSR count). The first-order valence-electron chi connectivity index (χ1n) is 12.9. The number of hydrogen-bond acceptors (Lipinski definition) is 2. The molecule has 0 unspecified atom stereocenters. The van der Waals surface area contributed by atoms with E-state index in [1.54, 1.807) is 0 Å². The highest BCUT2D eigenvalue weighted by atomic mass is 28.3. The first-order valence-corrected chi connectivity index (χ1v) is 15.6. The topological polar surface area (TPSA) is 40.5 Å². The van der Waals surface area contributed by atoms with Crippen LogP contribution < -0.4 is 5.19 Å². The van der Waals surface area contributed by atoms with E-state index in [0.29, 0.717) is 12.2 Å².